The summed E-state index contributed by atoms with van der Waals surface area (Å²) in [5.41, 5.74) is -0.259. The van der Waals surface area contributed by atoms with Crippen LogP contribution in [0.4, 0.5) is 0 Å². The van der Waals surface area contributed by atoms with Crippen LogP contribution < -0.4 is 10.1 Å². The lowest BCUT2D eigenvalue weighted by atomic mass is 9.94. The lowest BCUT2D eigenvalue weighted by Gasteiger charge is -2.37. The van der Waals surface area contributed by atoms with Crippen LogP contribution in [-0.2, 0) is 4.79 Å². The number of hydrogen-bond acceptors (Lipinski definition) is 4. The molecule has 1 saturated carbocycles. The van der Waals surface area contributed by atoms with Gasteiger partial charge >= 0.3 is 0 Å². The van der Waals surface area contributed by atoms with E-state index in [1.807, 2.05) is 19.1 Å². The van der Waals surface area contributed by atoms with Crippen molar-refractivity contribution in [2.45, 2.75) is 57.1 Å². The lowest BCUT2D eigenvalue weighted by Crippen LogP contribution is -2.57. The van der Waals surface area contributed by atoms with Gasteiger partial charge < -0.3 is 10.1 Å². The zero-order valence-corrected chi connectivity index (χ0v) is 14.0. The molecule has 0 bridgehead atoms. The molecule has 3 rings (SSSR count). The largest absolute Gasteiger partial charge is 0.487 e. The molecule has 23 heavy (non-hydrogen) atoms. The molecule has 126 valence electrons. The average molecular weight is 317 g/mol. The fourth-order valence-electron chi connectivity index (χ4n) is 3.88. The van der Waals surface area contributed by atoms with E-state index < -0.39 is 0 Å². The lowest BCUT2D eigenvalue weighted by molar-refractivity contribution is -0.133. The van der Waals surface area contributed by atoms with Crippen LogP contribution >= 0.6 is 0 Å². The number of hydrogen-bond donors (Lipinski definition) is 1. The number of ether oxygens (including phenoxy) is 1. The minimum atomic E-state index is -0.259. The van der Waals surface area contributed by atoms with Gasteiger partial charge in [0.25, 0.3) is 0 Å². The molecular weight excluding hydrogens is 290 g/mol. The maximum atomic E-state index is 12.9. The molecule has 1 aromatic rings. The highest BCUT2D eigenvalue weighted by Gasteiger charge is 2.46. The fraction of sp³-hybridized carbons (Fsp3) is 0.667. The van der Waals surface area contributed by atoms with Crippen LogP contribution in [0.25, 0.3) is 0 Å². The Bertz CT molecular complexity index is 508. The molecule has 2 fully saturated rings. The number of likely N-dealkylation sites (tertiary alicyclic amines) is 1. The van der Waals surface area contributed by atoms with Gasteiger partial charge in [-0.05, 0) is 57.8 Å². The van der Waals surface area contributed by atoms with Gasteiger partial charge in [0, 0.05) is 6.20 Å². The molecule has 5 heteroatoms. The molecule has 1 aromatic heterocycles. The molecule has 1 unspecified atom stereocenters. The van der Waals surface area contributed by atoms with E-state index in [0.717, 1.165) is 44.5 Å². The number of nitrogens with zero attached hydrogens (tertiary/aromatic N) is 2. The second kappa shape index (κ2) is 7.30. The van der Waals surface area contributed by atoms with E-state index in [2.05, 4.69) is 15.2 Å². The van der Waals surface area contributed by atoms with Gasteiger partial charge in [-0.2, -0.15) is 0 Å². The molecule has 0 radical (unpaired) electrons. The summed E-state index contributed by atoms with van der Waals surface area (Å²) in [5, 5.41) is 3.14. The molecule has 0 aromatic carbocycles. The Hall–Kier alpha value is -1.62. The fourth-order valence-corrected chi connectivity index (χ4v) is 3.88. The molecule has 1 aliphatic carbocycles. The predicted molar refractivity (Wildman–Crippen MR) is 89.3 cm³/mol. The summed E-state index contributed by atoms with van der Waals surface area (Å²) >= 11 is 0. The molecule has 2 aliphatic rings. The summed E-state index contributed by atoms with van der Waals surface area (Å²) in [6.45, 7) is 4.64. The van der Waals surface area contributed by atoms with Crippen molar-refractivity contribution in [3.8, 4) is 5.75 Å². The van der Waals surface area contributed by atoms with Crippen LogP contribution in [0.2, 0.25) is 0 Å². The zero-order chi connectivity index (χ0) is 16.1. The summed E-state index contributed by atoms with van der Waals surface area (Å²) in [5.74, 6) is 0.933. The highest BCUT2D eigenvalue weighted by Crippen LogP contribution is 2.37. The van der Waals surface area contributed by atoms with Crippen molar-refractivity contribution >= 4 is 5.91 Å². The first-order chi connectivity index (χ1) is 11.2. The average Bonchev–Trinajstić information content (AvgIpc) is 3.25. The Morgan fingerprint density at radius 3 is 2.74 bits per heavy atom. The number of nitrogens with one attached hydrogen (secondary N) is 1. The van der Waals surface area contributed by atoms with Gasteiger partial charge in [0.1, 0.15) is 17.4 Å². The molecule has 5 nitrogen and oxygen atoms in total. The zero-order valence-electron chi connectivity index (χ0n) is 14.0. The molecular formula is C18H27N3O2. The molecule has 2 heterocycles. The second-order valence-corrected chi connectivity index (χ2v) is 6.76. The van der Waals surface area contributed by atoms with Gasteiger partial charge in [0.15, 0.2) is 0 Å². The van der Waals surface area contributed by atoms with Crippen LogP contribution in [0, 0.1) is 0 Å². The van der Waals surface area contributed by atoms with E-state index in [1.165, 1.54) is 12.8 Å². The minimum absolute atomic E-state index is 0.0693. The quantitative estimate of drug-likeness (QED) is 0.875. The monoisotopic (exact) mass is 317 g/mol. The third-order valence-electron chi connectivity index (χ3n) is 5.09. The van der Waals surface area contributed by atoms with E-state index in [9.17, 15) is 4.79 Å². The standard InChI is InChI=1S/C18H27N3O2/c1-15(23-16-7-6-10-19-14-16)13-20-17(22)18(8-2-3-9-18)21-11-4-5-12-21/h6-7,10,14-15H,2-5,8-9,11-13H2,1H3,(H,20,22). The Morgan fingerprint density at radius 1 is 1.35 bits per heavy atom. The SMILES string of the molecule is CC(CNC(=O)C1(N2CCCC2)CCCC1)Oc1cccnc1. The number of rotatable bonds is 6. The van der Waals surface area contributed by atoms with Gasteiger partial charge in [0.2, 0.25) is 5.91 Å². The van der Waals surface area contributed by atoms with E-state index in [0.29, 0.717) is 6.54 Å². The smallest absolute Gasteiger partial charge is 0.240 e. The van der Waals surface area contributed by atoms with Crippen molar-refractivity contribution in [1.82, 2.24) is 15.2 Å². The highest BCUT2D eigenvalue weighted by atomic mass is 16.5. The van der Waals surface area contributed by atoms with Gasteiger partial charge in [-0.3, -0.25) is 14.7 Å². The predicted octanol–water partition coefficient (Wildman–Crippen LogP) is 2.37. The minimum Gasteiger partial charge on any atom is -0.487 e. The second-order valence-electron chi connectivity index (χ2n) is 6.76. The van der Waals surface area contributed by atoms with E-state index in [1.54, 1.807) is 12.4 Å². The third-order valence-corrected chi connectivity index (χ3v) is 5.09. The molecule has 1 N–H and O–H groups in total. The van der Waals surface area contributed by atoms with Crippen molar-refractivity contribution < 1.29 is 9.53 Å². The first-order valence-corrected chi connectivity index (χ1v) is 8.81. The van der Waals surface area contributed by atoms with Crippen LogP contribution in [0.15, 0.2) is 24.5 Å². The van der Waals surface area contributed by atoms with E-state index in [-0.39, 0.29) is 17.6 Å². The summed E-state index contributed by atoms with van der Waals surface area (Å²) in [4.78, 5) is 19.3. The van der Waals surface area contributed by atoms with Crippen LogP contribution in [0.1, 0.15) is 45.4 Å². The highest BCUT2D eigenvalue weighted by molar-refractivity contribution is 5.86. The number of carbonyl (C=O) groups is 1. The number of aromatic nitrogens is 1. The topological polar surface area (TPSA) is 54.5 Å². The Labute approximate surface area is 138 Å². The number of amides is 1. The van der Waals surface area contributed by atoms with Crippen LogP contribution in [-0.4, -0.2) is 47.1 Å². The van der Waals surface area contributed by atoms with Gasteiger partial charge in [-0.1, -0.05) is 12.8 Å². The summed E-state index contributed by atoms with van der Waals surface area (Å²) in [6.07, 6.45) is 10.1. The van der Waals surface area contributed by atoms with Crippen molar-refractivity contribution in [3.05, 3.63) is 24.5 Å². The van der Waals surface area contributed by atoms with Gasteiger partial charge in [0.05, 0.1) is 12.7 Å². The summed E-state index contributed by atoms with van der Waals surface area (Å²) in [7, 11) is 0. The van der Waals surface area contributed by atoms with Crippen molar-refractivity contribution in [1.29, 1.82) is 0 Å². The Balaban J connectivity index is 1.55. The van der Waals surface area contributed by atoms with Crippen LogP contribution in [0.3, 0.4) is 0 Å². The third kappa shape index (κ3) is 3.66. The first-order valence-electron chi connectivity index (χ1n) is 8.81. The van der Waals surface area contributed by atoms with Gasteiger partial charge in [-0.15, -0.1) is 0 Å². The van der Waals surface area contributed by atoms with Crippen molar-refractivity contribution in [2.24, 2.45) is 0 Å². The first kappa shape index (κ1) is 16.2. The van der Waals surface area contributed by atoms with E-state index >= 15 is 0 Å². The maximum absolute atomic E-state index is 12.9. The number of carbonyl (C=O) groups excluding carboxylic acids is 1. The van der Waals surface area contributed by atoms with Gasteiger partial charge in [-0.25, -0.2) is 0 Å². The van der Waals surface area contributed by atoms with E-state index in [4.69, 9.17) is 4.74 Å². The van der Waals surface area contributed by atoms with Crippen LogP contribution in [0.5, 0.6) is 5.75 Å². The van der Waals surface area contributed by atoms with Crippen molar-refractivity contribution in [2.75, 3.05) is 19.6 Å². The number of pyridine rings is 1. The normalized spacial score (nSPS) is 22.0. The molecule has 1 amide bonds. The summed E-state index contributed by atoms with van der Waals surface area (Å²) in [6, 6.07) is 3.73. The molecule has 1 atom stereocenters. The molecule has 1 saturated heterocycles. The maximum Gasteiger partial charge on any atom is 0.240 e. The molecule has 1 aliphatic heterocycles. The molecule has 0 spiro atoms. The Morgan fingerprint density at radius 2 is 2.09 bits per heavy atom. The summed E-state index contributed by atoms with van der Waals surface area (Å²) < 4.78 is 5.79. The Kier molecular flexibility index (Phi) is 5.16. The van der Waals surface area contributed by atoms with Crippen molar-refractivity contribution in [3.63, 3.8) is 0 Å².